The molecular formula is C8H13NO3. The van der Waals surface area contributed by atoms with Crippen molar-refractivity contribution in [1.82, 2.24) is 4.90 Å². The second kappa shape index (κ2) is 3.13. The van der Waals surface area contributed by atoms with Crippen molar-refractivity contribution in [2.45, 2.75) is 26.3 Å². The summed E-state index contributed by atoms with van der Waals surface area (Å²) in [5.74, 6) is -1.21. The van der Waals surface area contributed by atoms with Gasteiger partial charge in [0.05, 0.1) is 5.92 Å². The number of rotatable bonds is 1. The lowest BCUT2D eigenvalue weighted by Gasteiger charge is -2.18. The van der Waals surface area contributed by atoms with Gasteiger partial charge in [0, 0.05) is 19.5 Å². The Balaban J connectivity index is 2.62. The minimum Gasteiger partial charge on any atom is -0.481 e. The van der Waals surface area contributed by atoms with E-state index in [1.165, 1.54) is 6.92 Å². The zero-order chi connectivity index (χ0) is 9.30. The van der Waals surface area contributed by atoms with Gasteiger partial charge in [-0.05, 0) is 13.3 Å². The normalized spacial score (nSPS) is 29.0. The first-order valence-electron chi connectivity index (χ1n) is 4.02. The molecule has 0 spiro atoms. The van der Waals surface area contributed by atoms with Crippen LogP contribution < -0.4 is 0 Å². The Labute approximate surface area is 71.2 Å². The molecule has 1 N–H and O–H groups in total. The van der Waals surface area contributed by atoms with E-state index in [4.69, 9.17) is 5.11 Å². The maximum Gasteiger partial charge on any atom is 0.308 e. The number of carboxylic acid groups (broad SMARTS) is 1. The maximum atomic E-state index is 11.0. The van der Waals surface area contributed by atoms with Gasteiger partial charge in [0.2, 0.25) is 5.91 Å². The highest BCUT2D eigenvalue weighted by Gasteiger charge is 2.34. The average molecular weight is 171 g/mol. The molecule has 4 nitrogen and oxygen atoms in total. The topological polar surface area (TPSA) is 57.6 Å². The van der Waals surface area contributed by atoms with Gasteiger partial charge in [-0.2, -0.15) is 0 Å². The van der Waals surface area contributed by atoms with E-state index < -0.39 is 5.97 Å². The fourth-order valence-electron chi connectivity index (χ4n) is 1.65. The van der Waals surface area contributed by atoms with Crippen molar-refractivity contribution in [3.63, 3.8) is 0 Å². The Morgan fingerprint density at radius 2 is 2.08 bits per heavy atom. The predicted molar refractivity (Wildman–Crippen MR) is 42.6 cm³/mol. The quantitative estimate of drug-likeness (QED) is 0.618. The van der Waals surface area contributed by atoms with Crippen molar-refractivity contribution >= 4 is 11.9 Å². The van der Waals surface area contributed by atoms with Crippen LogP contribution >= 0.6 is 0 Å². The van der Waals surface area contributed by atoms with Gasteiger partial charge in [0.1, 0.15) is 0 Å². The zero-order valence-electron chi connectivity index (χ0n) is 7.28. The number of carbonyl (C=O) groups is 2. The van der Waals surface area contributed by atoms with Crippen molar-refractivity contribution < 1.29 is 14.7 Å². The fourth-order valence-corrected chi connectivity index (χ4v) is 1.65. The third kappa shape index (κ3) is 1.57. The highest BCUT2D eigenvalue weighted by Crippen LogP contribution is 2.22. The summed E-state index contributed by atoms with van der Waals surface area (Å²) in [5, 5.41) is 8.69. The highest BCUT2D eigenvalue weighted by atomic mass is 16.4. The molecule has 1 aliphatic heterocycles. The summed E-state index contributed by atoms with van der Waals surface area (Å²) in [6.07, 6.45) is 0.578. The summed E-state index contributed by atoms with van der Waals surface area (Å²) >= 11 is 0. The molecular weight excluding hydrogens is 158 g/mol. The minimum absolute atomic E-state index is 0.0359. The standard InChI is InChI=1S/C8H13NO3/c1-5-3-7(8(11)12)4-9(5)6(2)10/h5,7H,3-4H2,1-2H3,(H,11,12). The van der Waals surface area contributed by atoms with Gasteiger partial charge < -0.3 is 10.0 Å². The Hall–Kier alpha value is -1.06. The summed E-state index contributed by atoms with van der Waals surface area (Å²) in [7, 11) is 0. The van der Waals surface area contributed by atoms with E-state index in [9.17, 15) is 9.59 Å². The van der Waals surface area contributed by atoms with Crippen LogP contribution in [0.1, 0.15) is 20.3 Å². The van der Waals surface area contributed by atoms with Crippen LogP contribution in [0.4, 0.5) is 0 Å². The first-order chi connectivity index (χ1) is 5.52. The first-order valence-corrected chi connectivity index (χ1v) is 4.02. The van der Waals surface area contributed by atoms with Crippen molar-refractivity contribution in [3.05, 3.63) is 0 Å². The van der Waals surface area contributed by atoms with Crippen LogP contribution in [0, 0.1) is 5.92 Å². The summed E-state index contributed by atoms with van der Waals surface area (Å²) in [5.41, 5.74) is 0. The number of hydrogen-bond acceptors (Lipinski definition) is 2. The molecule has 12 heavy (non-hydrogen) atoms. The number of likely N-dealkylation sites (tertiary alicyclic amines) is 1. The van der Waals surface area contributed by atoms with Gasteiger partial charge in [0.25, 0.3) is 0 Å². The Bertz CT molecular complexity index is 214. The molecule has 0 aliphatic carbocycles. The maximum absolute atomic E-state index is 11.0. The largest absolute Gasteiger partial charge is 0.481 e. The van der Waals surface area contributed by atoms with Crippen LogP contribution in [0.3, 0.4) is 0 Å². The van der Waals surface area contributed by atoms with E-state index in [1.54, 1.807) is 4.90 Å². The summed E-state index contributed by atoms with van der Waals surface area (Å²) in [6.45, 7) is 3.72. The molecule has 1 heterocycles. The van der Waals surface area contributed by atoms with Crippen LogP contribution in [0.2, 0.25) is 0 Å². The predicted octanol–water partition coefficient (Wildman–Crippen LogP) is 0.328. The molecule has 2 atom stereocenters. The van der Waals surface area contributed by atoms with Crippen LogP contribution in [0.15, 0.2) is 0 Å². The van der Waals surface area contributed by atoms with E-state index in [0.717, 1.165) is 0 Å². The van der Waals surface area contributed by atoms with Gasteiger partial charge in [0.15, 0.2) is 0 Å². The van der Waals surface area contributed by atoms with Crippen LogP contribution in [-0.4, -0.2) is 34.5 Å². The average Bonchev–Trinajstić information content (AvgIpc) is 2.30. The molecule has 0 saturated carbocycles. The van der Waals surface area contributed by atoms with E-state index >= 15 is 0 Å². The van der Waals surface area contributed by atoms with E-state index in [1.807, 2.05) is 6.92 Å². The molecule has 0 bridgehead atoms. The Morgan fingerprint density at radius 3 is 2.33 bits per heavy atom. The third-order valence-corrected chi connectivity index (χ3v) is 2.33. The molecule has 1 rings (SSSR count). The summed E-state index contributed by atoms with van der Waals surface area (Å²) in [6, 6.07) is 0.0728. The van der Waals surface area contributed by atoms with Gasteiger partial charge >= 0.3 is 5.97 Å². The lowest BCUT2D eigenvalue weighted by atomic mass is 10.1. The molecule has 2 unspecified atom stereocenters. The van der Waals surface area contributed by atoms with E-state index in [0.29, 0.717) is 13.0 Å². The number of carbonyl (C=O) groups excluding carboxylic acids is 1. The van der Waals surface area contributed by atoms with Crippen molar-refractivity contribution in [3.8, 4) is 0 Å². The molecule has 68 valence electrons. The summed E-state index contributed by atoms with van der Waals surface area (Å²) in [4.78, 5) is 23.1. The second-order valence-corrected chi connectivity index (χ2v) is 3.29. The Morgan fingerprint density at radius 1 is 1.50 bits per heavy atom. The molecule has 0 aromatic carbocycles. The van der Waals surface area contributed by atoms with E-state index in [2.05, 4.69) is 0 Å². The molecule has 1 aliphatic rings. The van der Waals surface area contributed by atoms with E-state index in [-0.39, 0.29) is 17.9 Å². The zero-order valence-corrected chi connectivity index (χ0v) is 7.28. The minimum atomic E-state index is -0.800. The van der Waals surface area contributed by atoms with Crippen LogP contribution in [0.25, 0.3) is 0 Å². The second-order valence-electron chi connectivity index (χ2n) is 3.29. The van der Waals surface area contributed by atoms with Gasteiger partial charge in [-0.3, -0.25) is 9.59 Å². The smallest absolute Gasteiger partial charge is 0.308 e. The summed E-state index contributed by atoms with van der Waals surface area (Å²) < 4.78 is 0. The van der Waals surface area contributed by atoms with Crippen molar-refractivity contribution in [2.75, 3.05) is 6.54 Å². The number of hydrogen-bond donors (Lipinski definition) is 1. The van der Waals surface area contributed by atoms with Crippen molar-refractivity contribution in [2.24, 2.45) is 5.92 Å². The van der Waals surface area contributed by atoms with Crippen LogP contribution in [-0.2, 0) is 9.59 Å². The Kier molecular flexibility index (Phi) is 2.35. The number of aliphatic carboxylic acids is 1. The molecule has 1 fully saturated rings. The SMILES string of the molecule is CC(=O)N1CC(C(=O)O)CC1C. The monoisotopic (exact) mass is 171 g/mol. The number of amides is 1. The van der Waals surface area contributed by atoms with Gasteiger partial charge in [-0.1, -0.05) is 0 Å². The van der Waals surface area contributed by atoms with Crippen molar-refractivity contribution in [1.29, 1.82) is 0 Å². The molecule has 0 aromatic rings. The lowest BCUT2D eigenvalue weighted by Crippen LogP contribution is -2.32. The molecule has 1 amide bonds. The molecule has 1 saturated heterocycles. The first kappa shape index (κ1) is 9.03. The number of carboxylic acids is 1. The third-order valence-electron chi connectivity index (χ3n) is 2.33. The molecule has 4 heteroatoms. The van der Waals surface area contributed by atoms with Gasteiger partial charge in [-0.15, -0.1) is 0 Å². The number of nitrogens with zero attached hydrogens (tertiary/aromatic N) is 1. The lowest BCUT2D eigenvalue weighted by molar-refractivity contribution is -0.141. The fraction of sp³-hybridized carbons (Fsp3) is 0.750. The molecule has 0 radical (unpaired) electrons. The molecule has 0 aromatic heterocycles. The van der Waals surface area contributed by atoms with Crippen LogP contribution in [0.5, 0.6) is 0 Å². The van der Waals surface area contributed by atoms with Gasteiger partial charge in [-0.25, -0.2) is 0 Å². The highest BCUT2D eigenvalue weighted by molar-refractivity contribution is 5.77.